The molecule has 2 aromatic carbocycles. The smallest absolute Gasteiger partial charge is 0.229 e. The summed E-state index contributed by atoms with van der Waals surface area (Å²) in [7, 11) is 0. The number of aromatic nitrogens is 2. The predicted molar refractivity (Wildman–Crippen MR) is 92.2 cm³/mol. The van der Waals surface area contributed by atoms with Gasteiger partial charge in [-0.3, -0.25) is 0 Å². The molecule has 3 N–H and O–H groups in total. The van der Waals surface area contributed by atoms with Crippen molar-refractivity contribution in [3.8, 4) is 17.6 Å². The fraction of sp³-hybridized carbons (Fsp3) is 0.0556. The average Bonchev–Trinajstić information content (AvgIpc) is 2.59. The van der Waals surface area contributed by atoms with Crippen LogP contribution in [-0.2, 0) is 6.61 Å². The van der Waals surface area contributed by atoms with Crippen LogP contribution in [0.15, 0.2) is 42.6 Å². The van der Waals surface area contributed by atoms with Crippen molar-refractivity contribution in [2.24, 2.45) is 0 Å². The van der Waals surface area contributed by atoms with Crippen LogP contribution in [0.4, 0.5) is 27.5 Å². The third kappa shape index (κ3) is 2.82. The highest BCUT2D eigenvalue weighted by Crippen LogP contribution is 2.39. The maximum absolute atomic E-state index is 14.2. The van der Waals surface area contributed by atoms with E-state index in [2.05, 4.69) is 26.7 Å². The van der Waals surface area contributed by atoms with Crippen molar-refractivity contribution in [1.29, 1.82) is 5.26 Å². The second-order valence-electron chi connectivity index (χ2n) is 5.56. The largest absolute Gasteiger partial charge is 0.508 e. The van der Waals surface area contributed by atoms with E-state index in [0.29, 0.717) is 29.3 Å². The number of nitrogens with zero attached hydrogens (tertiary/aromatic N) is 3. The molecule has 0 amide bonds. The summed E-state index contributed by atoms with van der Waals surface area (Å²) in [5.41, 5.74) is 2.19. The van der Waals surface area contributed by atoms with E-state index in [1.54, 1.807) is 24.3 Å². The van der Waals surface area contributed by atoms with Crippen molar-refractivity contribution in [3.63, 3.8) is 0 Å². The van der Waals surface area contributed by atoms with Crippen LogP contribution in [0.1, 0.15) is 11.1 Å². The highest BCUT2D eigenvalue weighted by Gasteiger charge is 2.23. The maximum Gasteiger partial charge on any atom is 0.229 e. The molecule has 26 heavy (non-hydrogen) atoms. The quantitative estimate of drug-likeness (QED) is 0.661. The van der Waals surface area contributed by atoms with Gasteiger partial charge in [0.2, 0.25) is 5.95 Å². The molecule has 1 aromatic heterocycles. The second kappa shape index (κ2) is 6.22. The highest BCUT2D eigenvalue weighted by molar-refractivity contribution is 5.73. The van der Waals surface area contributed by atoms with Crippen LogP contribution >= 0.6 is 0 Å². The molecule has 0 saturated carbocycles. The molecule has 3 aromatic rings. The zero-order valence-corrected chi connectivity index (χ0v) is 13.3. The molecule has 7 nitrogen and oxygen atoms in total. The summed E-state index contributed by atoms with van der Waals surface area (Å²) in [6.07, 6.45) is 1.03. The van der Waals surface area contributed by atoms with E-state index in [1.165, 1.54) is 12.1 Å². The Bertz CT molecular complexity index is 1050. The number of phenols is 1. The van der Waals surface area contributed by atoms with E-state index in [4.69, 9.17) is 4.74 Å². The molecule has 1 aliphatic heterocycles. The molecule has 0 spiro atoms. The Morgan fingerprint density at radius 2 is 2.12 bits per heavy atom. The number of halogens is 1. The number of hydrogen-bond donors (Lipinski definition) is 3. The molecular formula is C18H12FN5O2. The SMILES string of the molecule is N#Cc1ccc2c(c1Nc1nc(Nc3cccc(O)c3)ncc1F)CO2. The number of rotatable bonds is 4. The summed E-state index contributed by atoms with van der Waals surface area (Å²) in [6.45, 7) is 0.342. The molecule has 0 unspecified atom stereocenters. The zero-order valence-electron chi connectivity index (χ0n) is 13.3. The number of fused-ring (bicyclic) bond motifs is 1. The number of ether oxygens (including phenoxy) is 1. The van der Waals surface area contributed by atoms with E-state index < -0.39 is 5.82 Å². The molecule has 0 atom stereocenters. The number of hydrogen-bond acceptors (Lipinski definition) is 7. The van der Waals surface area contributed by atoms with Gasteiger partial charge in [0.1, 0.15) is 24.2 Å². The van der Waals surface area contributed by atoms with Crippen LogP contribution in [0.5, 0.6) is 11.5 Å². The van der Waals surface area contributed by atoms with Gasteiger partial charge in [0.25, 0.3) is 0 Å². The number of nitrogens with one attached hydrogen (secondary N) is 2. The summed E-state index contributed by atoms with van der Waals surface area (Å²) in [5.74, 6) is 0.147. The standard InChI is InChI=1S/C18H12FN5O2/c19-14-8-21-18(22-11-2-1-3-12(25)6-11)24-17(14)23-16-10(7-20)4-5-15-13(16)9-26-15/h1-6,8,25H,9H2,(H2,21,22,23,24). The number of nitriles is 1. The fourth-order valence-electron chi connectivity index (χ4n) is 2.56. The number of aromatic hydroxyl groups is 1. The van der Waals surface area contributed by atoms with E-state index in [-0.39, 0.29) is 17.5 Å². The minimum atomic E-state index is -0.659. The summed E-state index contributed by atoms with van der Waals surface area (Å²) in [4.78, 5) is 8.02. The van der Waals surface area contributed by atoms with Gasteiger partial charge in [0, 0.05) is 11.8 Å². The molecule has 2 heterocycles. The molecular weight excluding hydrogens is 337 g/mol. The van der Waals surface area contributed by atoms with Crippen LogP contribution in [0, 0.1) is 17.1 Å². The van der Waals surface area contributed by atoms with E-state index in [1.807, 2.05) is 0 Å². The first-order valence-electron chi connectivity index (χ1n) is 7.68. The van der Waals surface area contributed by atoms with E-state index in [9.17, 15) is 14.8 Å². The number of anilines is 4. The monoisotopic (exact) mass is 349 g/mol. The summed E-state index contributed by atoms with van der Waals surface area (Å²) >= 11 is 0. The Morgan fingerprint density at radius 1 is 1.23 bits per heavy atom. The summed E-state index contributed by atoms with van der Waals surface area (Å²) in [5, 5.41) is 24.6. The molecule has 1 aliphatic rings. The third-order valence-electron chi connectivity index (χ3n) is 3.85. The van der Waals surface area contributed by atoms with Crippen molar-refractivity contribution in [1.82, 2.24) is 9.97 Å². The average molecular weight is 349 g/mol. The van der Waals surface area contributed by atoms with Gasteiger partial charge in [-0.2, -0.15) is 10.2 Å². The van der Waals surface area contributed by atoms with Crippen molar-refractivity contribution >= 4 is 23.1 Å². The van der Waals surface area contributed by atoms with Crippen LogP contribution in [0.3, 0.4) is 0 Å². The lowest BCUT2D eigenvalue weighted by molar-refractivity contribution is 0.244. The molecule has 0 aliphatic carbocycles. The van der Waals surface area contributed by atoms with Crippen molar-refractivity contribution in [2.75, 3.05) is 10.6 Å². The van der Waals surface area contributed by atoms with Gasteiger partial charge in [-0.25, -0.2) is 9.37 Å². The first-order chi connectivity index (χ1) is 12.6. The number of phenolic OH excluding ortho intramolecular Hbond substituents is 1. The fourth-order valence-corrected chi connectivity index (χ4v) is 2.56. The summed E-state index contributed by atoms with van der Waals surface area (Å²) < 4.78 is 19.5. The lowest BCUT2D eigenvalue weighted by Crippen LogP contribution is -2.14. The Labute approximate surface area is 147 Å². The highest BCUT2D eigenvalue weighted by atomic mass is 19.1. The van der Waals surface area contributed by atoms with Crippen molar-refractivity contribution in [3.05, 3.63) is 59.5 Å². The van der Waals surface area contributed by atoms with Gasteiger partial charge in [0.15, 0.2) is 11.6 Å². The lowest BCUT2D eigenvalue weighted by Gasteiger charge is -2.24. The van der Waals surface area contributed by atoms with Crippen LogP contribution in [0.2, 0.25) is 0 Å². The van der Waals surface area contributed by atoms with Gasteiger partial charge in [-0.15, -0.1) is 0 Å². The van der Waals surface area contributed by atoms with Crippen molar-refractivity contribution in [2.45, 2.75) is 6.61 Å². The molecule has 0 fully saturated rings. The van der Waals surface area contributed by atoms with Gasteiger partial charge < -0.3 is 20.5 Å². The van der Waals surface area contributed by atoms with Crippen molar-refractivity contribution < 1.29 is 14.2 Å². The van der Waals surface area contributed by atoms with Crippen LogP contribution in [0.25, 0.3) is 0 Å². The Hall–Kier alpha value is -3.86. The molecule has 0 radical (unpaired) electrons. The van der Waals surface area contributed by atoms with Crippen LogP contribution in [-0.4, -0.2) is 15.1 Å². The third-order valence-corrected chi connectivity index (χ3v) is 3.85. The van der Waals surface area contributed by atoms with Gasteiger partial charge in [0.05, 0.1) is 23.0 Å². The molecule has 0 bridgehead atoms. The lowest BCUT2D eigenvalue weighted by atomic mass is 10.0. The molecule has 4 rings (SSSR count). The Balaban J connectivity index is 1.66. The van der Waals surface area contributed by atoms with Gasteiger partial charge in [-0.1, -0.05) is 6.07 Å². The van der Waals surface area contributed by atoms with Gasteiger partial charge >= 0.3 is 0 Å². The number of benzene rings is 2. The molecule has 128 valence electrons. The zero-order chi connectivity index (χ0) is 18.1. The molecule has 8 heteroatoms. The van der Waals surface area contributed by atoms with E-state index in [0.717, 1.165) is 11.8 Å². The first-order valence-corrected chi connectivity index (χ1v) is 7.68. The maximum atomic E-state index is 14.2. The predicted octanol–water partition coefficient (Wildman–Crippen LogP) is 3.57. The normalized spacial score (nSPS) is 11.5. The minimum Gasteiger partial charge on any atom is -0.508 e. The first kappa shape index (κ1) is 15.7. The van der Waals surface area contributed by atoms with E-state index >= 15 is 0 Å². The van der Waals surface area contributed by atoms with Gasteiger partial charge in [-0.05, 0) is 24.3 Å². The van der Waals surface area contributed by atoms with Crippen LogP contribution < -0.4 is 15.4 Å². The molecule has 0 saturated heterocycles. The second-order valence-corrected chi connectivity index (χ2v) is 5.56. The Kier molecular flexibility index (Phi) is 3.74. The topological polar surface area (TPSA) is 103 Å². The minimum absolute atomic E-state index is 0.0700. The summed E-state index contributed by atoms with van der Waals surface area (Å²) in [6, 6.07) is 11.8. The Morgan fingerprint density at radius 3 is 2.85 bits per heavy atom.